The van der Waals surface area contributed by atoms with Gasteiger partial charge in [0.2, 0.25) is 0 Å². The molecule has 1 aromatic heterocycles. The number of aliphatic hydroxyl groups is 1. The highest BCUT2D eigenvalue weighted by molar-refractivity contribution is 5.92. The van der Waals surface area contributed by atoms with Crippen LogP contribution in [-0.2, 0) is 5.54 Å². The van der Waals surface area contributed by atoms with Crippen LogP contribution in [0.25, 0.3) is 0 Å². The quantitative estimate of drug-likeness (QED) is 0.932. The molecule has 1 aliphatic carbocycles. The number of carbonyl (C=O) groups is 1. The van der Waals surface area contributed by atoms with Crippen molar-refractivity contribution in [1.82, 2.24) is 14.7 Å². The number of aromatic nitrogens is 2. The molecule has 0 radical (unpaired) electrons. The first-order valence-corrected chi connectivity index (χ1v) is 8.83. The summed E-state index contributed by atoms with van der Waals surface area (Å²) in [7, 11) is 0. The molecular weight excluding hydrogens is 290 g/mol. The monoisotopic (exact) mass is 319 g/mol. The Morgan fingerprint density at radius 3 is 2.57 bits per heavy atom. The van der Waals surface area contributed by atoms with Crippen LogP contribution in [-0.4, -0.2) is 44.9 Å². The minimum absolute atomic E-state index is 0.0405. The molecule has 1 aromatic rings. The molecule has 2 fully saturated rings. The van der Waals surface area contributed by atoms with Crippen molar-refractivity contribution in [1.29, 1.82) is 0 Å². The van der Waals surface area contributed by atoms with Crippen molar-refractivity contribution in [2.75, 3.05) is 13.2 Å². The van der Waals surface area contributed by atoms with Gasteiger partial charge in [-0.25, -0.2) is 0 Å². The van der Waals surface area contributed by atoms with Gasteiger partial charge in [-0.2, -0.15) is 5.10 Å². The maximum absolute atomic E-state index is 12.9. The Morgan fingerprint density at radius 1 is 1.35 bits per heavy atom. The molecule has 5 nitrogen and oxygen atoms in total. The van der Waals surface area contributed by atoms with E-state index in [1.165, 1.54) is 18.5 Å². The van der Waals surface area contributed by atoms with Crippen molar-refractivity contribution in [3.63, 3.8) is 0 Å². The minimum atomic E-state index is -0.105. The molecular formula is C18H29N3O2. The highest BCUT2D eigenvalue weighted by Gasteiger charge is 2.35. The van der Waals surface area contributed by atoms with Crippen molar-refractivity contribution in [2.45, 2.75) is 70.9 Å². The molecule has 128 valence electrons. The summed E-state index contributed by atoms with van der Waals surface area (Å²) in [5.41, 5.74) is 1.68. The summed E-state index contributed by atoms with van der Waals surface area (Å²) in [4.78, 5) is 14.9. The van der Waals surface area contributed by atoms with E-state index in [-0.39, 0.29) is 24.1 Å². The minimum Gasteiger partial charge on any atom is -0.396 e. The van der Waals surface area contributed by atoms with E-state index in [1.54, 1.807) is 0 Å². The predicted molar refractivity (Wildman–Crippen MR) is 89.5 cm³/mol. The van der Waals surface area contributed by atoms with Crippen molar-refractivity contribution < 1.29 is 9.90 Å². The summed E-state index contributed by atoms with van der Waals surface area (Å²) in [6.45, 7) is 9.41. The van der Waals surface area contributed by atoms with E-state index in [2.05, 4.69) is 32.8 Å². The zero-order valence-corrected chi connectivity index (χ0v) is 14.7. The lowest BCUT2D eigenvalue weighted by Gasteiger charge is -2.36. The number of hydrogen-bond donors (Lipinski definition) is 1. The fourth-order valence-corrected chi connectivity index (χ4v) is 3.59. The second-order valence-electron chi connectivity index (χ2n) is 8.23. The van der Waals surface area contributed by atoms with E-state index in [1.807, 2.05) is 15.6 Å². The Kier molecular flexibility index (Phi) is 4.25. The van der Waals surface area contributed by atoms with E-state index in [9.17, 15) is 9.90 Å². The smallest absolute Gasteiger partial charge is 0.274 e. The van der Waals surface area contributed by atoms with Gasteiger partial charge in [0.25, 0.3) is 5.91 Å². The van der Waals surface area contributed by atoms with E-state index >= 15 is 0 Å². The first kappa shape index (κ1) is 16.5. The number of hydrogen-bond acceptors (Lipinski definition) is 3. The molecule has 3 rings (SSSR count). The standard InChI is InChI=1S/C18H29N3O2/c1-12-9-13(11-22)7-8-20(12)17(23)15-10-16(14-5-6-14)21(19-15)18(2,3)4/h10,12-14,22H,5-9,11H2,1-4H3/t12-,13-/m0/s1. The topological polar surface area (TPSA) is 58.4 Å². The van der Waals surface area contributed by atoms with Gasteiger partial charge in [0, 0.05) is 30.8 Å². The number of aliphatic hydroxyl groups excluding tert-OH is 1. The van der Waals surface area contributed by atoms with Crippen LogP contribution in [0.2, 0.25) is 0 Å². The highest BCUT2D eigenvalue weighted by atomic mass is 16.3. The van der Waals surface area contributed by atoms with Crippen LogP contribution in [0.15, 0.2) is 6.07 Å². The second kappa shape index (κ2) is 5.93. The lowest BCUT2D eigenvalue weighted by molar-refractivity contribution is 0.0508. The zero-order valence-electron chi connectivity index (χ0n) is 14.7. The summed E-state index contributed by atoms with van der Waals surface area (Å²) in [5, 5.41) is 14.0. The van der Waals surface area contributed by atoms with Crippen molar-refractivity contribution >= 4 is 5.91 Å². The molecule has 0 unspecified atom stereocenters. The summed E-state index contributed by atoms with van der Waals surface area (Å²) >= 11 is 0. The van der Waals surface area contributed by atoms with Gasteiger partial charge in [-0.3, -0.25) is 9.48 Å². The molecule has 1 saturated carbocycles. The largest absolute Gasteiger partial charge is 0.396 e. The Morgan fingerprint density at radius 2 is 2.04 bits per heavy atom. The van der Waals surface area contributed by atoms with Crippen LogP contribution < -0.4 is 0 Å². The molecule has 1 amide bonds. The van der Waals surface area contributed by atoms with E-state index in [0.29, 0.717) is 24.1 Å². The van der Waals surface area contributed by atoms with Gasteiger partial charge < -0.3 is 10.0 Å². The second-order valence-corrected chi connectivity index (χ2v) is 8.23. The maximum Gasteiger partial charge on any atom is 0.274 e. The SMILES string of the molecule is C[C@H]1C[C@@H](CO)CCN1C(=O)c1cc(C2CC2)n(C(C)(C)C)n1. The number of likely N-dealkylation sites (tertiary alicyclic amines) is 1. The van der Waals surface area contributed by atoms with Crippen molar-refractivity contribution in [3.8, 4) is 0 Å². The van der Waals surface area contributed by atoms with E-state index in [4.69, 9.17) is 0 Å². The van der Waals surface area contributed by atoms with E-state index in [0.717, 1.165) is 12.8 Å². The fourth-order valence-electron chi connectivity index (χ4n) is 3.59. The summed E-state index contributed by atoms with van der Waals surface area (Å²) in [6, 6.07) is 2.17. The Balaban J connectivity index is 1.83. The van der Waals surface area contributed by atoms with Gasteiger partial charge >= 0.3 is 0 Å². The molecule has 23 heavy (non-hydrogen) atoms. The third-order valence-corrected chi connectivity index (χ3v) is 5.09. The molecule has 5 heteroatoms. The predicted octanol–water partition coefficient (Wildman–Crippen LogP) is 2.75. The lowest BCUT2D eigenvalue weighted by Crippen LogP contribution is -2.45. The average Bonchev–Trinajstić information content (AvgIpc) is 3.23. The molecule has 1 N–H and O–H groups in total. The maximum atomic E-state index is 12.9. The number of amides is 1. The van der Waals surface area contributed by atoms with Crippen molar-refractivity contribution in [2.24, 2.45) is 5.92 Å². The van der Waals surface area contributed by atoms with Crippen LogP contribution in [0.5, 0.6) is 0 Å². The van der Waals surface area contributed by atoms with Crippen LogP contribution in [0, 0.1) is 5.92 Å². The lowest BCUT2D eigenvalue weighted by atomic mass is 9.92. The summed E-state index contributed by atoms with van der Waals surface area (Å²) < 4.78 is 2.04. The van der Waals surface area contributed by atoms with Gasteiger partial charge in [0.1, 0.15) is 0 Å². The molecule has 0 spiro atoms. The Bertz CT molecular complexity index is 584. The van der Waals surface area contributed by atoms with Crippen LogP contribution in [0.4, 0.5) is 0 Å². The average molecular weight is 319 g/mol. The summed E-state index contributed by atoms with van der Waals surface area (Å²) in [6.07, 6.45) is 4.15. The molecule has 1 saturated heterocycles. The zero-order chi connectivity index (χ0) is 16.8. The van der Waals surface area contributed by atoms with Crippen LogP contribution >= 0.6 is 0 Å². The third kappa shape index (κ3) is 3.30. The number of carbonyl (C=O) groups excluding carboxylic acids is 1. The van der Waals surface area contributed by atoms with Gasteiger partial charge in [0.05, 0.1) is 5.54 Å². The third-order valence-electron chi connectivity index (χ3n) is 5.09. The van der Waals surface area contributed by atoms with Gasteiger partial charge in [-0.1, -0.05) is 0 Å². The van der Waals surface area contributed by atoms with Crippen LogP contribution in [0.1, 0.15) is 75.5 Å². The molecule has 1 aliphatic heterocycles. The fraction of sp³-hybridized carbons (Fsp3) is 0.778. The van der Waals surface area contributed by atoms with Gasteiger partial charge in [-0.15, -0.1) is 0 Å². The number of rotatable bonds is 3. The normalized spacial score (nSPS) is 25.7. The van der Waals surface area contributed by atoms with Crippen LogP contribution in [0.3, 0.4) is 0 Å². The van der Waals surface area contributed by atoms with Gasteiger partial charge in [-0.05, 0) is 65.4 Å². The molecule has 2 aliphatic rings. The van der Waals surface area contributed by atoms with Crippen molar-refractivity contribution in [3.05, 3.63) is 17.5 Å². The molecule has 0 bridgehead atoms. The molecule has 2 atom stereocenters. The Hall–Kier alpha value is -1.36. The number of nitrogens with zero attached hydrogens (tertiary/aromatic N) is 3. The first-order valence-electron chi connectivity index (χ1n) is 8.83. The molecule has 0 aromatic carbocycles. The molecule has 2 heterocycles. The summed E-state index contributed by atoms with van der Waals surface area (Å²) in [5.74, 6) is 0.933. The highest BCUT2D eigenvalue weighted by Crippen LogP contribution is 2.42. The van der Waals surface area contributed by atoms with E-state index < -0.39 is 0 Å². The first-order chi connectivity index (χ1) is 10.8. The number of piperidine rings is 1. The van der Waals surface area contributed by atoms with Gasteiger partial charge in [0.15, 0.2) is 5.69 Å². The Labute approximate surface area is 138 Å².